The van der Waals surface area contributed by atoms with Crippen LogP contribution in [-0.4, -0.2) is 22.5 Å². The van der Waals surface area contributed by atoms with E-state index in [0.717, 1.165) is 5.56 Å². The molecule has 1 aromatic carbocycles. The Morgan fingerprint density at radius 3 is 2.71 bits per heavy atom. The van der Waals surface area contributed by atoms with E-state index in [2.05, 4.69) is 9.97 Å². The Kier molecular flexibility index (Phi) is 4.69. The minimum Gasteiger partial charge on any atom is -0.462 e. The monoisotopic (exact) mass is 362 g/mol. The van der Waals surface area contributed by atoms with Crippen molar-refractivity contribution in [2.75, 3.05) is 6.61 Å². The van der Waals surface area contributed by atoms with E-state index in [4.69, 9.17) is 16.3 Å². The summed E-state index contributed by atoms with van der Waals surface area (Å²) in [5.74, 6) is 0.128. The second-order valence-corrected chi connectivity index (χ2v) is 6.71. The van der Waals surface area contributed by atoms with Gasteiger partial charge in [0.25, 0.3) is 5.56 Å². The van der Waals surface area contributed by atoms with Crippen molar-refractivity contribution in [1.29, 1.82) is 0 Å². The summed E-state index contributed by atoms with van der Waals surface area (Å²) >= 11 is 7.06. The maximum absolute atomic E-state index is 12.4. The van der Waals surface area contributed by atoms with Crippen molar-refractivity contribution in [3.63, 3.8) is 0 Å². The summed E-state index contributed by atoms with van der Waals surface area (Å²) in [5.41, 5.74) is 1.36. The lowest BCUT2D eigenvalue weighted by Crippen LogP contribution is -2.12. The van der Waals surface area contributed by atoms with Crippen molar-refractivity contribution in [3.05, 3.63) is 61.5 Å². The number of esters is 1. The largest absolute Gasteiger partial charge is 0.462 e. The fourth-order valence-electron chi connectivity index (χ4n) is 2.46. The molecule has 0 aliphatic carbocycles. The summed E-state index contributed by atoms with van der Waals surface area (Å²) in [7, 11) is 0. The van der Waals surface area contributed by atoms with Gasteiger partial charge in [0.1, 0.15) is 15.5 Å². The maximum atomic E-state index is 12.4. The predicted molar refractivity (Wildman–Crippen MR) is 95.2 cm³/mol. The Morgan fingerprint density at radius 1 is 1.33 bits per heavy atom. The molecule has 0 saturated carbocycles. The van der Waals surface area contributed by atoms with Crippen molar-refractivity contribution in [2.24, 2.45) is 0 Å². The molecule has 0 bridgehead atoms. The molecule has 2 heterocycles. The van der Waals surface area contributed by atoms with Gasteiger partial charge in [-0.05, 0) is 37.1 Å². The van der Waals surface area contributed by atoms with Crippen LogP contribution < -0.4 is 5.56 Å². The van der Waals surface area contributed by atoms with E-state index in [-0.39, 0.29) is 12.2 Å². The van der Waals surface area contributed by atoms with Crippen LogP contribution in [0.5, 0.6) is 0 Å². The van der Waals surface area contributed by atoms with Gasteiger partial charge in [-0.25, -0.2) is 9.78 Å². The minimum absolute atomic E-state index is 0.242. The number of aromatic amines is 1. The Hall–Kier alpha value is -2.18. The van der Waals surface area contributed by atoms with Gasteiger partial charge in [-0.1, -0.05) is 23.7 Å². The molecule has 0 fully saturated rings. The highest BCUT2D eigenvalue weighted by atomic mass is 35.5. The number of carbonyl (C=O) groups is 1. The number of aromatic nitrogens is 2. The number of nitrogens with one attached hydrogen (secondary N) is 1. The first-order chi connectivity index (χ1) is 11.5. The molecule has 124 valence electrons. The molecule has 3 rings (SSSR count). The number of halogens is 1. The van der Waals surface area contributed by atoms with Crippen LogP contribution in [0.2, 0.25) is 5.02 Å². The fraction of sp³-hybridized carbons (Fsp3) is 0.235. The molecule has 0 saturated heterocycles. The highest BCUT2D eigenvalue weighted by molar-refractivity contribution is 7.20. The van der Waals surface area contributed by atoms with E-state index in [9.17, 15) is 9.59 Å². The van der Waals surface area contributed by atoms with Crippen LogP contribution in [0.3, 0.4) is 0 Å². The van der Waals surface area contributed by atoms with Gasteiger partial charge in [-0.2, -0.15) is 0 Å². The van der Waals surface area contributed by atoms with Crippen molar-refractivity contribution in [3.8, 4) is 0 Å². The van der Waals surface area contributed by atoms with Crippen LogP contribution in [0.4, 0.5) is 0 Å². The van der Waals surface area contributed by atoms with E-state index < -0.39 is 5.97 Å². The Morgan fingerprint density at radius 2 is 2.04 bits per heavy atom. The lowest BCUT2D eigenvalue weighted by Gasteiger charge is -2.02. The molecule has 7 heteroatoms. The number of benzene rings is 1. The van der Waals surface area contributed by atoms with Gasteiger partial charge in [0.05, 0.1) is 12.0 Å². The molecule has 2 aromatic heterocycles. The average Bonchev–Trinajstić information content (AvgIpc) is 2.87. The van der Waals surface area contributed by atoms with E-state index in [1.807, 2.05) is 12.1 Å². The third-order valence-electron chi connectivity index (χ3n) is 3.60. The van der Waals surface area contributed by atoms with E-state index in [1.165, 1.54) is 11.3 Å². The van der Waals surface area contributed by atoms with E-state index >= 15 is 0 Å². The molecule has 0 atom stereocenters. The molecule has 0 amide bonds. The molecule has 3 aromatic rings. The zero-order valence-electron chi connectivity index (χ0n) is 13.2. The van der Waals surface area contributed by atoms with Gasteiger partial charge in [0, 0.05) is 11.4 Å². The number of carbonyl (C=O) groups excluding carboxylic acids is 1. The first-order valence-corrected chi connectivity index (χ1v) is 8.63. The summed E-state index contributed by atoms with van der Waals surface area (Å²) in [5, 5.41) is 1.10. The number of hydrogen-bond acceptors (Lipinski definition) is 5. The second-order valence-electron chi connectivity index (χ2n) is 5.27. The Labute approximate surface area is 147 Å². The number of H-pyrrole nitrogens is 1. The first kappa shape index (κ1) is 16.7. The van der Waals surface area contributed by atoms with Gasteiger partial charge in [0.15, 0.2) is 0 Å². The quantitative estimate of drug-likeness (QED) is 0.718. The van der Waals surface area contributed by atoms with E-state index in [0.29, 0.717) is 37.9 Å². The molecule has 24 heavy (non-hydrogen) atoms. The van der Waals surface area contributed by atoms with Gasteiger partial charge in [0.2, 0.25) is 0 Å². The van der Waals surface area contributed by atoms with Crippen LogP contribution in [0, 0.1) is 6.92 Å². The predicted octanol–water partition coefficient (Wildman–Crippen LogP) is 3.71. The van der Waals surface area contributed by atoms with Crippen LogP contribution in [0.25, 0.3) is 10.2 Å². The molecular weight excluding hydrogens is 348 g/mol. The number of ether oxygens (including phenoxy) is 1. The zero-order chi connectivity index (χ0) is 17.3. The third kappa shape index (κ3) is 3.20. The number of fused-ring (bicyclic) bond motifs is 1. The highest BCUT2D eigenvalue weighted by Crippen LogP contribution is 2.27. The molecule has 0 aliphatic rings. The highest BCUT2D eigenvalue weighted by Gasteiger charge is 2.20. The van der Waals surface area contributed by atoms with Crippen LogP contribution in [-0.2, 0) is 11.2 Å². The van der Waals surface area contributed by atoms with Crippen LogP contribution >= 0.6 is 22.9 Å². The maximum Gasteiger partial charge on any atom is 0.348 e. The minimum atomic E-state index is -0.420. The smallest absolute Gasteiger partial charge is 0.348 e. The molecule has 0 spiro atoms. The van der Waals surface area contributed by atoms with Gasteiger partial charge in [-0.15, -0.1) is 11.3 Å². The van der Waals surface area contributed by atoms with E-state index in [1.54, 1.807) is 26.0 Å². The molecule has 0 aliphatic heterocycles. The summed E-state index contributed by atoms with van der Waals surface area (Å²) in [6.45, 7) is 3.77. The SMILES string of the molecule is CCOC(=O)c1sc2nc(Cc3ccc(Cl)cc3)[nH]c(=O)c2c1C. The van der Waals surface area contributed by atoms with Gasteiger partial charge >= 0.3 is 5.97 Å². The van der Waals surface area contributed by atoms with Gasteiger partial charge in [-0.3, -0.25) is 4.79 Å². The summed E-state index contributed by atoms with van der Waals surface area (Å²) in [6, 6.07) is 7.36. The fourth-order valence-corrected chi connectivity index (χ4v) is 3.68. The number of hydrogen-bond donors (Lipinski definition) is 1. The topological polar surface area (TPSA) is 72.0 Å². The molecule has 1 N–H and O–H groups in total. The normalized spacial score (nSPS) is 11.0. The molecule has 0 radical (unpaired) electrons. The lowest BCUT2D eigenvalue weighted by atomic mass is 10.1. The molecule has 5 nitrogen and oxygen atoms in total. The number of thiophene rings is 1. The van der Waals surface area contributed by atoms with Crippen molar-refractivity contribution in [2.45, 2.75) is 20.3 Å². The number of rotatable bonds is 4. The first-order valence-electron chi connectivity index (χ1n) is 7.43. The average molecular weight is 363 g/mol. The molecule has 0 unspecified atom stereocenters. The van der Waals surface area contributed by atoms with Crippen LogP contribution in [0.1, 0.15) is 33.5 Å². The standard InChI is InChI=1S/C17H15ClN2O3S/c1-3-23-17(22)14-9(2)13-15(21)19-12(20-16(13)24-14)8-10-4-6-11(18)7-5-10/h4-7H,3,8H2,1-2H3,(H,19,20,21). The molecular formula is C17H15ClN2O3S. The second kappa shape index (κ2) is 6.75. The van der Waals surface area contributed by atoms with Crippen molar-refractivity contribution >= 4 is 39.1 Å². The van der Waals surface area contributed by atoms with Crippen molar-refractivity contribution in [1.82, 2.24) is 9.97 Å². The lowest BCUT2D eigenvalue weighted by molar-refractivity contribution is 0.0531. The zero-order valence-corrected chi connectivity index (χ0v) is 14.8. The summed E-state index contributed by atoms with van der Waals surface area (Å²) in [6.07, 6.45) is 0.480. The summed E-state index contributed by atoms with van der Waals surface area (Å²) < 4.78 is 5.03. The number of nitrogens with zero attached hydrogens (tertiary/aromatic N) is 1. The summed E-state index contributed by atoms with van der Waals surface area (Å²) in [4.78, 5) is 32.6. The Bertz CT molecular complexity index is 960. The Balaban J connectivity index is 2.02. The third-order valence-corrected chi connectivity index (χ3v) is 5.01. The van der Waals surface area contributed by atoms with Crippen LogP contribution in [0.15, 0.2) is 29.1 Å². The van der Waals surface area contributed by atoms with Crippen molar-refractivity contribution < 1.29 is 9.53 Å². The number of aryl methyl sites for hydroxylation is 1. The van der Waals surface area contributed by atoms with Gasteiger partial charge < -0.3 is 9.72 Å².